The molecule has 2 heterocycles. The van der Waals surface area contributed by atoms with Gasteiger partial charge in [-0.25, -0.2) is 0 Å². The molecule has 0 aromatic rings. The highest BCUT2D eigenvalue weighted by Gasteiger charge is 2.25. The van der Waals surface area contributed by atoms with Gasteiger partial charge in [-0.3, -0.25) is 4.79 Å². The summed E-state index contributed by atoms with van der Waals surface area (Å²) in [5.41, 5.74) is 0. The molecule has 2 aliphatic heterocycles. The summed E-state index contributed by atoms with van der Waals surface area (Å²) in [7, 11) is 0. The van der Waals surface area contributed by atoms with E-state index in [2.05, 4.69) is 19.2 Å². The number of carbonyl (C=O) groups is 1. The van der Waals surface area contributed by atoms with Crippen LogP contribution in [0, 0.1) is 0 Å². The Morgan fingerprint density at radius 2 is 2.11 bits per heavy atom. The van der Waals surface area contributed by atoms with E-state index in [1.54, 1.807) is 0 Å². The summed E-state index contributed by atoms with van der Waals surface area (Å²) in [4.78, 5) is 13.9. The summed E-state index contributed by atoms with van der Waals surface area (Å²) in [6, 6.07) is 0.715. The van der Waals surface area contributed by atoms with Crippen LogP contribution in [0.4, 0.5) is 0 Å². The first-order chi connectivity index (χ1) is 8.65. The molecule has 3 atom stereocenters. The zero-order valence-corrected chi connectivity index (χ0v) is 11.4. The van der Waals surface area contributed by atoms with Crippen LogP contribution >= 0.6 is 0 Å². The van der Waals surface area contributed by atoms with Crippen molar-refractivity contribution in [1.82, 2.24) is 10.2 Å². The fourth-order valence-electron chi connectivity index (χ4n) is 2.68. The maximum absolute atomic E-state index is 12.0. The first-order valence-corrected chi connectivity index (χ1v) is 6.88. The Labute approximate surface area is 109 Å². The monoisotopic (exact) mass is 256 g/mol. The topological polar surface area (TPSA) is 50.8 Å². The molecule has 1 amide bonds. The molecule has 0 aliphatic carbocycles. The van der Waals surface area contributed by atoms with Crippen LogP contribution in [0.5, 0.6) is 0 Å². The van der Waals surface area contributed by atoms with Gasteiger partial charge in [-0.15, -0.1) is 0 Å². The number of nitrogens with zero attached hydrogens (tertiary/aromatic N) is 1. The van der Waals surface area contributed by atoms with Crippen LogP contribution in [0.3, 0.4) is 0 Å². The normalized spacial score (nSPS) is 32.8. The van der Waals surface area contributed by atoms with E-state index < -0.39 is 0 Å². The molecule has 1 N–H and O–H groups in total. The van der Waals surface area contributed by atoms with E-state index >= 15 is 0 Å². The Morgan fingerprint density at radius 3 is 2.72 bits per heavy atom. The summed E-state index contributed by atoms with van der Waals surface area (Å²) < 4.78 is 10.9. The van der Waals surface area contributed by atoms with Gasteiger partial charge in [0.2, 0.25) is 5.91 Å². The summed E-state index contributed by atoms with van der Waals surface area (Å²) in [5.74, 6) is 0.0909. The lowest BCUT2D eigenvalue weighted by Gasteiger charge is -2.36. The van der Waals surface area contributed by atoms with Gasteiger partial charge >= 0.3 is 0 Å². The highest BCUT2D eigenvalue weighted by Crippen LogP contribution is 2.12. The van der Waals surface area contributed by atoms with E-state index in [-0.39, 0.29) is 18.6 Å². The van der Waals surface area contributed by atoms with E-state index in [4.69, 9.17) is 9.47 Å². The van der Waals surface area contributed by atoms with Crippen LogP contribution in [0.2, 0.25) is 0 Å². The zero-order chi connectivity index (χ0) is 13.0. The Balaban J connectivity index is 1.67. The third-order valence-corrected chi connectivity index (χ3v) is 3.46. The molecule has 5 nitrogen and oxygen atoms in total. The first-order valence-electron chi connectivity index (χ1n) is 6.88. The van der Waals surface area contributed by atoms with Crippen LogP contribution in [0.1, 0.15) is 26.7 Å². The van der Waals surface area contributed by atoms with Crippen molar-refractivity contribution in [2.24, 2.45) is 0 Å². The average Bonchev–Trinajstić information content (AvgIpc) is 2.80. The molecular formula is C13H24N2O3. The van der Waals surface area contributed by atoms with Crippen molar-refractivity contribution in [2.75, 3.05) is 32.9 Å². The lowest BCUT2D eigenvalue weighted by Crippen LogP contribution is -2.56. The molecule has 0 aromatic heterocycles. The largest absolute Gasteiger partial charge is 0.376 e. The fourth-order valence-corrected chi connectivity index (χ4v) is 2.68. The van der Waals surface area contributed by atoms with Gasteiger partial charge in [0.05, 0.1) is 12.7 Å². The molecule has 2 saturated heterocycles. The van der Waals surface area contributed by atoms with Crippen molar-refractivity contribution >= 4 is 5.91 Å². The standard InChI is InChI=1S/C13H24N2O3/c1-10-6-15(7-11(2)14-10)13(16)9-17-8-12-4-3-5-18-12/h10-12,14H,3-9H2,1-2H3/t10-,11+,12-/m1/s1. The van der Waals surface area contributed by atoms with Gasteiger partial charge in [0, 0.05) is 31.8 Å². The second kappa shape index (κ2) is 6.50. The van der Waals surface area contributed by atoms with Gasteiger partial charge < -0.3 is 19.7 Å². The SMILES string of the molecule is C[C@@H]1CN(C(=O)COC[C@H]2CCCO2)C[C@H](C)N1. The minimum absolute atomic E-state index is 0.0909. The van der Waals surface area contributed by atoms with Gasteiger partial charge in [0.15, 0.2) is 0 Å². The van der Waals surface area contributed by atoms with Crippen molar-refractivity contribution in [1.29, 1.82) is 0 Å². The molecule has 5 heteroatoms. The van der Waals surface area contributed by atoms with Gasteiger partial charge in [0.25, 0.3) is 0 Å². The summed E-state index contributed by atoms with van der Waals surface area (Å²) in [6.07, 6.45) is 2.35. The van der Waals surface area contributed by atoms with Gasteiger partial charge in [0.1, 0.15) is 6.61 Å². The number of hydrogen-bond acceptors (Lipinski definition) is 4. The Morgan fingerprint density at radius 1 is 1.39 bits per heavy atom. The van der Waals surface area contributed by atoms with Crippen LogP contribution in [0.15, 0.2) is 0 Å². The molecular weight excluding hydrogens is 232 g/mol. The van der Waals surface area contributed by atoms with Gasteiger partial charge in [-0.2, -0.15) is 0 Å². The molecule has 0 bridgehead atoms. The minimum atomic E-state index is 0.0909. The maximum atomic E-state index is 12.0. The second-order valence-electron chi connectivity index (χ2n) is 5.42. The predicted molar refractivity (Wildman–Crippen MR) is 68.4 cm³/mol. The number of nitrogens with one attached hydrogen (secondary N) is 1. The van der Waals surface area contributed by atoms with Crippen LogP contribution < -0.4 is 5.32 Å². The molecule has 0 spiro atoms. The third-order valence-electron chi connectivity index (χ3n) is 3.46. The second-order valence-corrected chi connectivity index (χ2v) is 5.42. The lowest BCUT2D eigenvalue weighted by atomic mass is 10.1. The van der Waals surface area contributed by atoms with Crippen LogP contribution in [-0.2, 0) is 14.3 Å². The van der Waals surface area contributed by atoms with Crippen molar-refractivity contribution in [3.8, 4) is 0 Å². The molecule has 0 radical (unpaired) electrons. The number of hydrogen-bond donors (Lipinski definition) is 1. The number of ether oxygens (including phenoxy) is 2. The highest BCUT2D eigenvalue weighted by atomic mass is 16.5. The van der Waals surface area contributed by atoms with Crippen molar-refractivity contribution in [3.05, 3.63) is 0 Å². The molecule has 2 rings (SSSR count). The molecule has 2 aliphatic rings. The fraction of sp³-hybridized carbons (Fsp3) is 0.923. The van der Waals surface area contributed by atoms with E-state index in [0.29, 0.717) is 18.7 Å². The van der Waals surface area contributed by atoms with Crippen molar-refractivity contribution < 1.29 is 14.3 Å². The summed E-state index contributed by atoms with van der Waals surface area (Å²) in [5, 5.41) is 3.41. The smallest absolute Gasteiger partial charge is 0.248 e. The Bertz CT molecular complexity index is 269. The number of rotatable bonds is 4. The first kappa shape index (κ1) is 13.8. The summed E-state index contributed by atoms with van der Waals surface area (Å²) >= 11 is 0. The average molecular weight is 256 g/mol. The minimum Gasteiger partial charge on any atom is -0.376 e. The van der Waals surface area contributed by atoms with Crippen molar-refractivity contribution in [3.63, 3.8) is 0 Å². The Hall–Kier alpha value is -0.650. The third kappa shape index (κ3) is 3.93. The molecule has 0 saturated carbocycles. The number of carbonyl (C=O) groups excluding carboxylic acids is 1. The maximum Gasteiger partial charge on any atom is 0.248 e. The van der Waals surface area contributed by atoms with Crippen LogP contribution in [-0.4, -0.2) is 61.9 Å². The van der Waals surface area contributed by atoms with Crippen LogP contribution in [0.25, 0.3) is 0 Å². The van der Waals surface area contributed by atoms with Crippen molar-refractivity contribution in [2.45, 2.75) is 44.9 Å². The quantitative estimate of drug-likeness (QED) is 0.790. The molecule has 0 unspecified atom stereocenters. The number of amides is 1. The van der Waals surface area contributed by atoms with Gasteiger partial charge in [-0.05, 0) is 26.7 Å². The van der Waals surface area contributed by atoms with E-state index in [1.165, 1.54) is 0 Å². The lowest BCUT2D eigenvalue weighted by molar-refractivity contribution is -0.139. The molecule has 2 fully saturated rings. The van der Waals surface area contributed by atoms with E-state index in [1.807, 2.05) is 4.90 Å². The predicted octanol–water partition coefficient (Wildman–Crippen LogP) is 0.391. The highest BCUT2D eigenvalue weighted by molar-refractivity contribution is 5.77. The Kier molecular flexibility index (Phi) is 4.97. The molecule has 104 valence electrons. The molecule has 0 aromatic carbocycles. The molecule has 18 heavy (non-hydrogen) atoms. The zero-order valence-electron chi connectivity index (χ0n) is 11.4. The number of piperazine rings is 1. The van der Waals surface area contributed by atoms with E-state index in [0.717, 1.165) is 32.5 Å². The van der Waals surface area contributed by atoms with Gasteiger partial charge in [-0.1, -0.05) is 0 Å². The van der Waals surface area contributed by atoms with E-state index in [9.17, 15) is 4.79 Å². The summed E-state index contributed by atoms with van der Waals surface area (Å²) in [6.45, 7) is 7.29.